The first kappa shape index (κ1) is 17.2. The maximum absolute atomic E-state index is 13.0. The van der Waals surface area contributed by atoms with E-state index in [9.17, 15) is 22.0 Å². The number of nitrogen functional groups attached to an aromatic ring is 1. The normalized spacial score (nSPS) is 13.9. The van der Waals surface area contributed by atoms with Crippen molar-refractivity contribution in [3.05, 3.63) is 28.8 Å². The maximum Gasteiger partial charge on any atom is 0.455 e. The van der Waals surface area contributed by atoms with Gasteiger partial charge in [0, 0.05) is 10.7 Å². The van der Waals surface area contributed by atoms with E-state index in [0.29, 0.717) is 0 Å². The molecule has 1 rings (SSSR count). The molecule has 0 aliphatic heterocycles. The minimum Gasteiger partial charge on any atom is -0.398 e. The van der Waals surface area contributed by atoms with Crippen LogP contribution in [0, 0.1) is 0 Å². The third kappa shape index (κ3) is 3.15. The fourth-order valence-electron chi connectivity index (χ4n) is 1.19. The minimum absolute atomic E-state index is 0. The van der Waals surface area contributed by atoms with Crippen LogP contribution in [0.2, 0.25) is 5.02 Å². The Balaban J connectivity index is 0.00000289. The van der Waals surface area contributed by atoms with Crippen molar-refractivity contribution in [2.24, 2.45) is 5.73 Å². The second kappa shape index (κ2) is 5.46. The number of hydrogen-bond donors (Lipinski definition) is 2. The highest BCUT2D eigenvalue weighted by Gasteiger charge is 2.62. The third-order valence-corrected chi connectivity index (χ3v) is 2.39. The third-order valence-electron chi connectivity index (χ3n) is 2.15. The van der Waals surface area contributed by atoms with E-state index >= 15 is 0 Å². The van der Waals surface area contributed by atoms with Gasteiger partial charge in [0.25, 0.3) is 0 Å². The molecular weight excluding hydrogens is 302 g/mol. The lowest BCUT2D eigenvalue weighted by Gasteiger charge is -2.26. The lowest BCUT2D eigenvalue weighted by Crippen LogP contribution is -2.46. The Bertz CT molecular complexity index is 422. The number of nitrogens with two attached hydrogens (primary N) is 2. The largest absolute Gasteiger partial charge is 0.455 e. The van der Waals surface area contributed by atoms with Crippen molar-refractivity contribution in [2.45, 2.75) is 18.1 Å². The van der Waals surface area contributed by atoms with Gasteiger partial charge >= 0.3 is 12.1 Å². The summed E-state index contributed by atoms with van der Waals surface area (Å²) in [5.41, 5.74) is 9.40. The van der Waals surface area contributed by atoms with Crippen molar-refractivity contribution in [2.75, 3.05) is 5.73 Å². The van der Waals surface area contributed by atoms with E-state index < -0.39 is 23.7 Å². The number of halogens is 7. The number of anilines is 1. The van der Waals surface area contributed by atoms with Crippen LogP contribution in [-0.4, -0.2) is 12.1 Å². The molecule has 9 heteroatoms. The van der Waals surface area contributed by atoms with Gasteiger partial charge in [-0.1, -0.05) is 11.6 Å². The molecule has 0 amide bonds. The first-order chi connectivity index (χ1) is 7.57. The van der Waals surface area contributed by atoms with Gasteiger partial charge < -0.3 is 11.5 Å². The highest BCUT2D eigenvalue weighted by molar-refractivity contribution is 6.30. The Morgan fingerprint density at radius 2 is 1.61 bits per heavy atom. The molecule has 18 heavy (non-hydrogen) atoms. The van der Waals surface area contributed by atoms with Crippen molar-refractivity contribution >= 4 is 29.7 Å². The summed E-state index contributed by atoms with van der Waals surface area (Å²) >= 11 is 5.49. The zero-order valence-corrected chi connectivity index (χ0v) is 10.2. The Hall–Kier alpha value is -0.790. The molecule has 4 N–H and O–H groups in total. The Morgan fingerprint density at radius 3 is 2.06 bits per heavy atom. The molecule has 1 atom stereocenters. The van der Waals surface area contributed by atoms with Crippen molar-refractivity contribution < 1.29 is 22.0 Å². The second-order valence-corrected chi connectivity index (χ2v) is 3.81. The summed E-state index contributed by atoms with van der Waals surface area (Å²) in [6.07, 6.45) is -5.75. The van der Waals surface area contributed by atoms with Crippen LogP contribution in [0.15, 0.2) is 18.2 Å². The SMILES string of the molecule is Cl.Nc1ccc(Cl)cc1[C@H](N)C(F)(F)C(F)(F)F. The molecule has 0 aliphatic rings. The summed E-state index contributed by atoms with van der Waals surface area (Å²) in [5, 5.41) is -0.0253. The second-order valence-electron chi connectivity index (χ2n) is 3.37. The van der Waals surface area contributed by atoms with Gasteiger partial charge in [-0.3, -0.25) is 0 Å². The molecular formula is C9H9Cl2F5N2. The molecule has 0 bridgehead atoms. The minimum atomic E-state index is -5.75. The van der Waals surface area contributed by atoms with Crippen LogP contribution in [0.4, 0.5) is 27.6 Å². The molecule has 0 aliphatic carbocycles. The zero-order valence-electron chi connectivity index (χ0n) is 8.64. The van der Waals surface area contributed by atoms with Gasteiger partial charge in [-0.05, 0) is 23.8 Å². The highest BCUT2D eigenvalue weighted by atomic mass is 35.5. The van der Waals surface area contributed by atoms with Gasteiger partial charge in [0.1, 0.15) is 6.04 Å². The predicted octanol–water partition coefficient (Wildman–Crippen LogP) is 3.54. The van der Waals surface area contributed by atoms with Crippen molar-refractivity contribution in [1.82, 2.24) is 0 Å². The van der Waals surface area contributed by atoms with Gasteiger partial charge in [0.15, 0.2) is 0 Å². The van der Waals surface area contributed by atoms with Crippen molar-refractivity contribution in [3.8, 4) is 0 Å². The van der Waals surface area contributed by atoms with Gasteiger partial charge in [-0.2, -0.15) is 22.0 Å². The summed E-state index contributed by atoms with van der Waals surface area (Å²) in [5.74, 6) is -5.08. The van der Waals surface area contributed by atoms with E-state index in [2.05, 4.69) is 0 Å². The van der Waals surface area contributed by atoms with Gasteiger partial charge in [0.05, 0.1) is 0 Å². The van der Waals surface area contributed by atoms with E-state index in [1.54, 1.807) is 0 Å². The Morgan fingerprint density at radius 1 is 1.11 bits per heavy atom. The Labute approximate surface area is 110 Å². The fourth-order valence-corrected chi connectivity index (χ4v) is 1.37. The number of rotatable bonds is 2. The average molecular weight is 311 g/mol. The standard InChI is InChI=1S/C9H8ClF5N2.ClH/c10-4-1-2-6(16)5(3-4)7(17)8(11,12)9(13,14)15;/h1-3,7H,16-17H2;1H/t7-;/m0./s1. The van der Waals surface area contributed by atoms with Crippen LogP contribution >= 0.6 is 24.0 Å². The molecule has 0 radical (unpaired) electrons. The van der Waals surface area contributed by atoms with Crippen LogP contribution in [0.25, 0.3) is 0 Å². The van der Waals surface area contributed by atoms with E-state index in [0.717, 1.165) is 12.1 Å². The smallest absolute Gasteiger partial charge is 0.398 e. The summed E-state index contributed by atoms with van der Waals surface area (Å²) in [7, 11) is 0. The lowest BCUT2D eigenvalue weighted by atomic mass is 9.99. The predicted molar refractivity (Wildman–Crippen MR) is 61.0 cm³/mol. The molecule has 0 unspecified atom stereocenters. The van der Waals surface area contributed by atoms with Gasteiger partial charge in [0.2, 0.25) is 0 Å². The van der Waals surface area contributed by atoms with Crippen LogP contribution in [0.5, 0.6) is 0 Å². The van der Waals surface area contributed by atoms with Gasteiger partial charge in [-0.15, -0.1) is 12.4 Å². The average Bonchev–Trinajstić information content (AvgIpc) is 2.19. The molecule has 0 spiro atoms. The van der Waals surface area contributed by atoms with Gasteiger partial charge in [-0.25, -0.2) is 0 Å². The highest BCUT2D eigenvalue weighted by Crippen LogP contribution is 2.44. The lowest BCUT2D eigenvalue weighted by molar-refractivity contribution is -0.290. The van der Waals surface area contributed by atoms with E-state index in [1.165, 1.54) is 6.07 Å². The van der Waals surface area contributed by atoms with Crippen LogP contribution in [0.3, 0.4) is 0 Å². The van der Waals surface area contributed by atoms with Crippen LogP contribution in [-0.2, 0) is 0 Å². The molecule has 0 saturated heterocycles. The molecule has 2 nitrogen and oxygen atoms in total. The number of benzene rings is 1. The number of hydrogen-bond acceptors (Lipinski definition) is 2. The van der Waals surface area contributed by atoms with E-state index in [4.69, 9.17) is 23.1 Å². The molecule has 1 aromatic rings. The van der Waals surface area contributed by atoms with Crippen LogP contribution in [0.1, 0.15) is 11.6 Å². The topological polar surface area (TPSA) is 52.0 Å². The van der Waals surface area contributed by atoms with Crippen molar-refractivity contribution in [1.29, 1.82) is 0 Å². The van der Waals surface area contributed by atoms with Crippen molar-refractivity contribution in [3.63, 3.8) is 0 Å². The molecule has 1 aromatic carbocycles. The van der Waals surface area contributed by atoms with E-state index in [-0.39, 0.29) is 23.1 Å². The molecule has 0 heterocycles. The molecule has 104 valence electrons. The quantitative estimate of drug-likeness (QED) is 0.648. The maximum atomic E-state index is 13.0. The summed E-state index contributed by atoms with van der Waals surface area (Å²) < 4.78 is 62.2. The first-order valence-electron chi connectivity index (χ1n) is 4.32. The summed E-state index contributed by atoms with van der Waals surface area (Å²) in [6, 6.07) is 0.672. The Kier molecular flexibility index (Phi) is 5.22. The molecule has 0 aromatic heterocycles. The molecule has 0 saturated carbocycles. The number of alkyl halides is 5. The van der Waals surface area contributed by atoms with Crippen LogP contribution < -0.4 is 11.5 Å². The molecule has 0 fully saturated rings. The summed E-state index contributed by atoms with van der Waals surface area (Å²) in [4.78, 5) is 0. The zero-order chi connectivity index (χ0) is 13.4. The van der Waals surface area contributed by atoms with E-state index in [1.807, 2.05) is 0 Å². The summed E-state index contributed by atoms with van der Waals surface area (Å²) in [6.45, 7) is 0. The monoisotopic (exact) mass is 310 g/mol. The first-order valence-corrected chi connectivity index (χ1v) is 4.70. The fraction of sp³-hybridized carbons (Fsp3) is 0.333.